The second-order valence-corrected chi connectivity index (χ2v) is 7.20. The summed E-state index contributed by atoms with van der Waals surface area (Å²) in [6.07, 6.45) is 0.297. The summed E-state index contributed by atoms with van der Waals surface area (Å²) in [5.74, 6) is 4.63. The van der Waals surface area contributed by atoms with Gasteiger partial charge in [-0.05, 0) is 25.1 Å². The molecule has 2 amide bonds. The molecule has 8 nitrogen and oxygen atoms in total. The number of nitrogens with two attached hydrogens (primary N) is 1. The van der Waals surface area contributed by atoms with E-state index in [1.54, 1.807) is 16.0 Å². The number of nitrogens with zero attached hydrogens (tertiary/aromatic N) is 3. The highest BCUT2D eigenvalue weighted by atomic mass is 16.5. The standard InChI is InChI=1S/C20H22N4O4/c1-2-23-9-8-20(27,19(23)26)7-6-13-4-3-5-14(10-13)24-16-12-28-11-15(16)17(22-24)18(21)25/h3-5,10,15-16,27H,2,8-9,11-12H2,1H3,(H2,21,25). The number of anilines is 1. The molecule has 1 aromatic carbocycles. The molecule has 0 saturated carbocycles. The lowest BCUT2D eigenvalue weighted by atomic mass is 9.98. The molecule has 8 heteroatoms. The summed E-state index contributed by atoms with van der Waals surface area (Å²) in [4.78, 5) is 25.5. The van der Waals surface area contributed by atoms with Crippen LogP contribution in [0, 0.1) is 17.8 Å². The summed E-state index contributed by atoms with van der Waals surface area (Å²) in [7, 11) is 0. The SMILES string of the molecule is CCN1CCC(O)(C#Cc2cccc(N3N=C(C(N)=O)C4COCC43)c2)C1=O. The molecule has 0 radical (unpaired) electrons. The van der Waals surface area contributed by atoms with Crippen LogP contribution in [0.3, 0.4) is 0 Å². The quantitative estimate of drug-likeness (QED) is 0.698. The van der Waals surface area contributed by atoms with Crippen molar-refractivity contribution < 1.29 is 19.4 Å². The van der Waals surface area contributed by atoms with Crippen LogP contribution in [0.1, 0.15) is 18.9 Å². The zero-order chi connectivity index (χ0) is 19.9. The number of benzene rings is 1. The van der Waals surface area contributed by atoms with Gasteiger partial charge in [0.05, 0.1) is 30.9 Å². The topological polar surface area (TPSA) is 108 Å². The predicted molar refractivity (Wildman–Crippen MR) is 102 cm³/mol. The van der Waals surface area contributed by atoms with Crippen molar-refractivity contribution in [1.82, 2.24) is 4.90 Å². The van der Waals surface area contributed by atoms with Crippen molar-refractivity contribution in [3.8, 4) is 11.8 Å². The number of hydrogen-bond donors (Lipinski definition) is 2. The fraction of sp³-hybridized carbons (Fsp3) is 0.450. The van der Waals surface area contributed by atoms with Gasteiger partial charge in [-0.3, -0.25) is 14.6 Å². The van der Waals surface area contributed by atoms with Gasteiger partial charge >= 0.3 is 0 Å². The van der Waals surface area contributed by atoms with E-state index in [0.717, 1.165) is 5.69 Å². The Hall–Kier alpha value is -2.89. The Labute approximate surface area is 162 Å². The number of amides is 2. The molecule has 1 aromatic rings. The summed E-state index contributed by atoms with van der Waals surface area (Å²) < 4.78 is 5.50. The number of ether oxygens (including phenoxy) is 1. The molecule has 146 valence electrons. The maximum Gasteiger partial charge on any atom is 0.267 e. The van der Waals surface area contributed by atoms with Gasteiger partial charge in [0.1, 0.15) is 5.71 Å². The molecule has 2 saturated heterocycles. The molecule has 2 fully saturated rings. The number of carbonyl (C=O) groups excluding carboxylic acids is 2. The minimum atomic E-state index is -1.64. The number of likely N-dealkylation sites (N-methyl/N-ethyl adjacent to an activating group) is 1. The third-order valence-corrected chi connectivity index (χ3v) is 5.47. The van der Waals surface area contributed by atoms with Crippen LogP contribution in [0.5, 0.6) is 0 Å². The van der Waals surface area contributed by atoms with Crippen LogP contribution in [-0.2, 0) is 14.3 Å². The Morgan fingerprint density at radius 2 is 2.29 bits per heavy atom. The second-order valence-electron chi connectivity index (χ2n) is 7.20. The third kappa shape index (κ3) is 3.03. The van der Waals surface area contributed by atoms with E-state index in [2.05, 4.69) is 16.9 Å². The second kappa shape index (κ2) is 6.93. The van der Waals surface area contributed by atoms with Crippen molar-refractivity contribution in [2.24, 2.45) is 16.8 Å². The van der Waals surface area contributed by atoms with Gasteiger partial charge < -0.3 is 20.5 Å². The summed E-state index contributed by atoms with van der Waals surface area (Å²) >= 11 is 0. The number of carbonyl (C=O) groups is 2. The maximum atomic E-state index is 12.3. The van der Waals surface area contributed by atoms with Crippen LogP contribution < -0.4 is 10.7 Å². The van der Waals surface area contributed by atoms with Crippen molar-refractivity contribution in [3.63, 3.8) is 0 Å². The van der Waals surface area contributed by atoms with Gasteiger partial charge in [-0.25, -0.2) is 0 Å². The van der Waals surface area contributed by atoms with Crippen molar-refractivity contribution in [2.45, 2.75) is 25.0 Å². The van der Waals surface area contributed by atoms with E-state index in [1.165, 1.54) is 0 Å². The van der Waals surface area contributed by atoms with Gasteiger partial charge in [0, 0.05) is 25.1 Å². The first-order valence-electron chi connectivity index (χ1n) is 9.33. The number of aliphatic hydroxyl groups is 1. The molecule has 3 atom stereocenters. The lowest BCUT2D eigenvalue weighted by Crippen LogP contribution is -2.38. The smallest absolute Gasteiger partial charge is 0.267 e. The molecule has 0 aromatic heterocycles. The average molecular weight is 382 g/mol. The molecular formula is C20H22N4O4. The Morgan fingerprint density at radius 1 is 1.46 bits per heavy atom. The molecular weight excluding hydrogens is 360 g/mol. The number of hydrazone groups is 1. The molecule has 0 bridgehead atoms. The zero-order valence-electron chi connectivity index (χ0n) is 15.6. The molecule has 3 aliphatic rings. The molecule has 4 rings (SSSR count). The van der Waals surface area contributed by atoms with Gasteiger partial charge in [-0.1, -0.05) is 17.9 Å². The Balaban J connectivity index is 1.60. The monoisotopic (exact) mass is 382 g/mol. The van der Waals surface area contributed by atoms with Crippen molar-refractivity contribution in [2.75, 3.05) is 31.3 Å². The molecule has 28 heavy (non-hydrogen) atoms. The van der Waals surface area contributed by atoms with E-state index in [9.17, 15) is 14.7 Å². The van der Waals surface area contributed by atoms with E-state index in [1.807, 2.05) is 25.1 Å². The Kier molecular flexibility index (Phi) is 4.57. The largest absolute Gasteiger partial charge is 0.378 e. The van der Waals surface area contributed by atoms with Gasteiger partial charge in [-0.2, -0.15) is 5.10 Å². The highest BCUT2D eigenvalue weighted by molar-refractivity contribution is 6.40. The lowest BCUT2D eigenvalue weighted by molar-refractivity contribution is -0.138. The Morgan fingerprint density at radius 3 is 3.00 bits per heavy atom. The molecule has 3 heterocycles. The average Bonchev–Trinajstić information content (AvgIpc) is 3.36. The van der Waals surface area contributed by atoms with Gasteiger partial charge in [-0.15, -0.1) is 0 Å². The minimum absolute atomic E-state index is 0.0792. The minimum Gasteiger partial charge on any atom is -0.378 e. The lowest BCUT2D eigenvalue weighted by Gasteiger charge is -2.21. The summed E-state index contributed by atoms with van der Waals surface area (Å²) in [5, 5.41) is 16.7. The third-order valence-electron chi connectivity index (χ3n) is 5.47. The number of rotatable bonds is 3. The molecule has 3 N–H and O–H groups in total. The summed E-state index contributed by atoms with van der Waals surface area (Å²) in [6.45, 7) is 3.81. The van der Waals surface area contributed by atoms with Gasteiger partial charge in [0.25, 0.3) is 11.8 Å². The van der Waals surface area contributed by atoms with E-state index >= 15 is 0 Å². The zero-order valence-corrected chi connectivity index (χ0v) is 15.6. The van der Waals surface area contributed by atoms with Crippen LogP contribution in [0.4, 0.5) is 5.69 Å². The molecule has 0 spiro atoms. The summed E-state index contributed by atoms with van der Waals surface area (Å²) in [6, 6.07) is 7.22. The van der Waals surface area contributed by atoms with Crippen molar-refractivity contribution >= 4 is 23.2 Å². The summed E-state index contributed by atoms with van der Waals surface area (Å²) in [5.41, 5.74) is 5.54. The predicted octanol–water partition coefficient (Wildman–Crippen LogP) is -0.302. The Bertz CT molecular complexity index is 918. The van der Waals surface area contributed by atoms with E-state index in [-0.39, 0.29) is 17.9 Å². The van der Waals surface area contributed by atoms with Crippen LogP contribution in [0.2, 0.25) is 0 Å². The van der Waals surface area contributed by atoms with Crippen LogP contribution in [-0.4, -0.2) is 65.5 Å². The number of likely N-dealkylation sites (tertiary alicyclic amines) is 1. The van der Waals surface area contributed by atoms with Crippen LogP contribution in [0.25, 0.3) is 0 Å². The molecule has 3 unspecified atom stereocenters. The van der Waals surface area contributed by atoms with E-state index in [4.69, 9.17) is 10.5 Å². The first kappa shape index (κ1) is 18.5. The van der Waals surface area contributed by atoms with E-state index in [0.29, 0.717) is 44.0 Å². The molecule has 3 aliphatic heterocycles. The van der Waals surface area contributed by atoms with E-state index < -0.39 is 11.5 Å². The van der Waals surface area contributed by atoms with Crippen molar-refractivity contribution in [1.29, 1.82) is 0 Å². The first-order valence-corrected chi connectivity index (χ1v) is 9.33. The highest BCUT2D eigenvalue weighted by Crippen LogP contribution is 2.32. The highest BCUT2D eigenvalue weighted by Gasteiger charge is 2.45. The first-order chi connectivity index (χ1) is 13.4. The van der Waals surface area contributed by atoms with Crippen molar-refractivity contribution in [3.05, 3.63) is 29.8 Å². The van der Waals surface area contributed by atoms with Crippen LogP contribution in [0.15, 0.2) is 29.4 Å². The fourth-order valence-electron chi connectivity index (χ4n) is 3.88. The molecule has 0 aliphatic carbocycles. The fourth-order valence-corrected chi connectivity index (χ4v) is 3.88. The number of primary amides is 1. The van der Waals surface area contributed by atoms with Crippen LogP contribution >= 0.6 is 0 Å². The van der Waals surface area contributed by atoms with Gasteiger partial charge in [0.15, 0.2) is 0 Å². The normalized spacial score (nSPS) is 28.8. The maximum absolute atomic E-state index is 12.3. The number of fused-ring (bicyclic) bond motifs is 1. The number of hydrogen-bond acceptors (Lipinski definition) is 6. The van der Waals surface area contributed by atoms with Gasteiger partial charge in [0.2, 0.25) is 5.60 Å².